The Labute approximate surface area is 157 Å². The third kappa shape index (κ3) is 4.21. The maximum absolute atomic E-state index is 5.92. The van der Waals surface area contributed by atoms with Gasteiger partial charge in [-0.2, -0.15) is 5.10 Å². The van der Waals surface area contributed by atoms with Gasteiger partial charge in [0, 0.05) is 39.1 Å². The molecule has 3 heterocycles. The zero-order valence-electron chi connectivity index (χ0n) is 15.3. The summed E-state index contributed by atoms with van der Waals surface area (Å²) in [6.45, 7) is 4.35. The molecule has 1 aromatic carbocycles. The number of morpholine rings is 1. The van der Waals surface area contributed by atoms with Crippen molar-refractivity contribution in [2.45, 2.75) is 19.2 Å². The quantitative estimate of drug-likeness (QED) is 0.616. The van der Waals surface area contributed by atoms with E-state index in [1.54, 1.807) is 18.0 Å². The number of hydrogen-bond donors (Lipinski definition) is 0. The number of rotatable bonds is 7. The number of benzene rings is 1. The van der Waals surface area contributed by atoms with E-state index in [0.717, 1.165) is 31.1 Å². The van der Waals surface area contributed by atoms with Crippen LogP contribution < -0.4 is 0 Å². The number of nitrogens with zero attached hydrogens (tertiary/aromatic N) is 7. The van der Waals surface area contributed by atoms with Crippen LogP contribution in [0.1, 0.15) is 17.5 Å². The molecule has 9 heteroatoms. The van der Waals surface area contributed by atoms with E-state index in [0.29, 0.717) is 19.8 Å². The molecular weight excluding hydrogens is 346 g/mol. The Bertz CT molecular complexity index is 832. The second kappa shape index (κ2) is 8.38. The Kier molecular flexibility index (Phi) is 5.52. The van der Waals surface area contributed by atoms with E-state index in [4.69, 9.17) is 9.47 Å². The Hall–Kier alpha value is -2.62. The van der Waals surface area contributed by atoms with Gasteiger partial charge in [0.2, 0.25) is 0 Å². The van der Waals surface area contributed by atoms with E-state index in [-0.39, 0.29) is 6.10 Å². The Morgan fingerprint density at radius 3 is 2.93 bits per heavy atom. The van der Waals surface area contributed by atoms with Crippen molar-refractivity contribution in [3.05, 3.63) is 54.1 Å². The van der Waals surface area contributed by atoms with Crippen molar-refractivity contribution in [3.63, 3.8) is 0 Å². The number of aromatic nitrogens is 6. The fraction of sp³-hybridized carbons (Fsp3) is 0.444. The van der Waals surface area contributed by atoms with Gasteiger partial charge in [-0.3, -0.25) is 4.90 Å². The lowest BCUT2D eigenvalue weighted by Crippen LogP contribution is -2.39. The molecule has 1 fully saturated rings. The second-order valence-corrected chi connectivity index (χ2v) is 6.46. The first-order valence-electron chi connectivity index (χ1n) is 9.01. The molecule has 1 aliphatic heterocycles. The molecule has 0 aliphatic carbocycles. The highest BCUT2D eigenvalue weighted by Crippen LogP contribution is 2.21. The molecule has 2 aromatic heterocycles. The molecule has 0 amide bonds. The van der Waals surface area contributed by atoms with Crippen LogP contribution in [0.5, 0.6) is 0 Å². The highest BCUT2D eigenvalue weighted by Gasteiger charge is 2.26. The first-order valence-corrected chi connectivity index (χ1v) is 9.01. The molecule has 0 saturated carbocycles. The molecule has 0 spiro atoms. The molecule has 1 atom stereocenters. The number of tetrazole rings is 1. The van der Waals surface area contributed by atoms with Gasteiger partial charge in [-0.1, -0.05) is 12.1 Å². The van der Waals surface area contributed by atoms with Crippen molar-refractivity contribution in [2.75, 3.05) is 33.4 Å². The predicted molar refractivity (Wildman–Crippen MR) is 97.2 cm³/mol. The first-order chi connectivity index (χ1) is 13.3. The fourth-order valence-corrected chi connectivity index (χ4v) is 3.22. The average Bonchev–Trinajstić information content (AvgIpc) is 3.39. The number of hydrogen-bond acceptors (Lipinski definition) is 7. The summed E-state index contributed by atoms with van der Waals surface area (Å²) in [4.78, 5) is 2.37. The molecule has 0 N–H and O–H groups in total. The van der Waals surface area contributed by atoms with Gasteiger partial charge in [0.1, 0.15) is 6.10 Å². The summed E-state index contributed by atoms with van der Waals surface area (Å²) in [6, 6.07) is 10.4. The molecule has 9 nitrogen and oxygen atoms in total. The van der Waals surface area contributed by atoms with Crippen molar-refractivity contribution in [3.8, 4) is 5.69 Å². The SMILES string of the molecule is COCCn1nnnc1[C@H]1CN(Cc2ccc(-n3cccn3)cc2)CCO1. The van der Waals surface area contributed by atoms with E-state index in [1.165, 1.54) is 5.56 Å². The lowest BCUT2D eigenvalue weighted by atomic mass is 10.1. The van der Waals surface area contributed by atoms with Gasteiger partial charge in [0.25, 0.3) is 0 Å². The number of ether oxygens (including phenoxy) is 2. The molecule has 1 saturated heterocycles. The Balaban J connectivity index is 1.39. The van der Waals surface area contributed by atoms with Gasteiger partial charge in [0.15, 0.2) is 5.82 Å². The molecule has 27 heavy (non-hydrogen) atoms. The maximum Gasteiger partial charge on any atom is 0.181 e. The largest absolute Gasteiger partial charge is 0.383 e. The summed E-state index contributed by atoms with van der Waals surface area (Å²) in [6.07, 6.45) is 3.59. The van der Waals surface area contributed by atoms with Gasteiger partial charge in [-0.15, -0.1) is 5.10 Å². The van der Waals surface area contributed by atoms with Gasteiger partial charge in [-0.25, -0.2) is 9.36 Å². The lowest BCUT2D eigenvalue weighted by Gasteiger charge is -2.32. The third-order valence-electron chi connectivity index (χ3n) is 4.62. The average molecular weight is 369 g/mol. The van der Waals surface area contributed by atoms with Gasteiger partial charge < -0.3 is 9.47 Å². The van der Waals surface area contributed by atoms with Crippen LogP contribution in [0.25, 0.3) is 5.69 Å². The molecule has 0 unspecified atom stereocenters. The molecule has 0 bridgehead atoms. The minimum Gasteiger partial charge on any atom is -0.383 e. The standard InChI is InChI=1S/C18H23N7O2/c1-26-11-10-25-18(20-21-22-25)17-14-23(9-12-27-17)13-15-3-5-16(6-4-15)24-8-2-7-19-24/h2-8,17H,9-14H2,1H3/t17-/m1/s1. The van der Waals surface area contributed by atoms with E-state index in [9.17, 15) is 0 Å². The smallest absolute Gasteiger partial charge is 0.181 e. The van der Waals surface area contributed by atoms with Crippen molar-refractivity contribution < 1.29 is 9.47 Å². The van der Waals surface area contributed by atoms with Crippen molar-refractivity contribution in [1.29, 1.82) is 0 Å². The van der Waals surface area contributed by atoms with Crippen molar-refractivity contribution >= 4 is 0 Å². The van der Waals surface area contributed by atoms with Crippen molar-refractivity contribution in [1.82, 2.24) is 34.9 Å². The van der Waals surface area contributed by atoms with Crippen LogP contribution in [0.3, 0.4) is 0 Å². The summed E-state index contributed by atoms with van der Waals surface area (Å²) >= 11 is 0. The highest BCUT2D eigenvalue weighted by atomic mass is 16.5. The van der Waals surface area contributed by atoms with E-state index in [2.05, 4.69) is 49.8 Å². The van der Waals surface area contributed by atoms with Crippen LogP contribution in [0.2, 0.25) is 0 Å². The third-order valence-corrected chi connectivity index (χ3v) is 4.62. The monoisotopic (exact) mass is 369 g/mol. The topological polar surface area (TPSA) is 83.1 Å². The van der Waals surface area contributed by atoms with Crippen LogP contribution in [-0.2, 0) is 22.6 Å². The van der Waals surface area contributed by atoms with E-state index in [1.807, 2.05) is 16.9 Å². The van der Waals surface area contributed by atoms with Crippen LogP contribution in [-0.4, -0.2) is 68.3 Å². The van der Waals surface area contributed by atoms with Crippen LogP contribution >= 0.6 is 0 Å². The van der Waals surface area contributed by atoms with Gasteiger partial charge in [0.05, 0.1) is 25.4 Å². The molecular formula is C18H23N7O2. The summed E-state index contributed by atoms with van der Waals surface area (Å²) < 4.78 is 14.7. The highest BCUT2D eigenvalue weighted by molar-refractivity contribution is 5.33. The Morgan fingerprint density at radius 2 is 2.15 bits per heavy atom. The molecule has 0 radical (unpaired) electrons. The lowest BCUT2D eigenvalue weighted by molar-refractivity contribution is -0.0396. The summed E-state index contributed by atoms with van der Waals surface area (Å²) in [5, 5.41) is 16.3. The molecule has 4 rings (SSSR count). The zero-order chi connectivity index (χ0) is 18.5. The molecule has 3 aromatic rings. The van der Waals surface area contributed by atoms with Crippen LogP contribution in [0.4, 0.5) is 0 Å². The van der Waals surface area contributed by atoms with Gasteiger partial charge in [-0.05, 0) is 34.2 Å². The summed E-state index contributed by atoms with van der Waals surface area (Å²) in [5.41, 5.74) is 2.31. The number of methoxy groups -OCH3 is 1. The predicted octanol–water partition coefficient (Wildman–Crippen LogP) is 1.08. The summed E-state index contributed by atoms with van der Waals surface area (Å²) in [5.74, 6) is 0.755. The van der Waals surface area contributed by atoms with Crippen LogP contribution in [0.15, 0.2) is 42.7 Å². The minimum absolute atomic E-state index is 0.131. The zero-order valence-corrected chi connectivity index (χ0v) is 15.3. The molecule has 142 valence electrons. The normalized spacial score (nSPS) is 18.0. The molecule has 1 aliphatic rings. The Morgan fingerprint density at radius 1 is 1.26 bits per heavy atom. The summed E-state index contributed by atoms with van der Waals surface area (Å²) in [7, 11) is 1.67. The van der Waals surface area contributed by atoms with Crippen LogP contribution in [0, 0.1) is 0 Å². The van der Waals surface area contributed by atoms with Gasteiger partial charge >= 0.3 is 0 Å². The fourth-order valence-electron chi connectivity index (χ4n) is 3.22. The maximum atomic E-state index is 5.92. The van der Waals surface area contributed by atoms with E-state index < -0.39 is 0 Å². The van der Waals surface area contributed by atoms with E-state index >= 15 is 0 Å². The minimum atomic E-state index is -0.131. The van der Waals surface area contributed by atoms with Crippen molar-refractivity contribution in [2.24, 2.45) is 0 Å². The first kappa shape index (κ1) is 17.8. The second-order valence-electron chi connectivity index (χ2n) is 6.46.